The molecular weight excluding hydrogens is 488 g/mol. The molecule has 0 saturated carbocycles. The number of nitrogens with zero attached hydrogens (tertiary/aromatic N) is 4. The number of ether oxygens (including phenoxy) is 2. The molecule has 1 atom stereocenters. The molecule has 3 aromatic carbocycles. The Labute approximate surface area is 231 Å². The zero-order valence-corrected chi connectivity index (χ0v) is 23.4. The highest BCUT2D eigenvalue weighted by Gasteiger charge is 2.36. The standard InChI is InChI=1S/C32H38N4O3/c1-23-10-11-24(2)28(18-23)29-20-30(27-13-12-26(38-3)19-31(27)39-4)36(33-29)32(37)22-35-16-14-34(15-17-35)21-25-8-6-5-7-9-25/h5-13,18-19,30H,14-17,20-22H2,1-4H3/t30-/m0/s1. The topological polar surface area (TPSA) is 57.6 Å². The summed E-state index contributed by atoms with van der Waals surface area (Å²) in [6.45, 7) is 9.06. The molecule has 0 bridgehead atoms. The fraction of sp³-hybridized carbons (Fsp3) is 0.375. The van der Waals surface area contributed by atoms with Crippen LogP contribution in [-0.2, 0) is 11.3 Å². The lowest BCUT2D eigenvalue weighted by Crippen LogP contribution is -2.49. The van der Waals surface area contributed by atoms with Gasteiger partial charge in [-0.2, -0.15) is 5.10 Å². The molecule has 0 spiro atoms. The van der Waals surface area contributed by atoms with E-state index in [-0.39, 0.29) is 11.9 Å². The van der Waals surface area contributed by atoms with E-state index in [4.69, 9.17) is 14.6 Å². The molecule has 3 aromatic rings. The van der Waals surface area contributed by atoms with Crippen molar-refractivity contribution in [3.05, 3.63) is 94.5 Å². The summed E-state index contributed by atoms with van der Waals surface area (Å²) >= 11 is 0. The van der Waals surface area contributed by atoms with E-state index in [1.54, 1.807) is 19.2 Å². The van der Waals surface area contributed by atoms with E-state index in [1.165, 1.54) is 11.1 Å². The average molecular weight is 527 g/mol. The molecular formula is C32H38N4O3. The van der Waals surface area contributed by atoms with E-state index in [0.29, 0.717) is 18.7 Å². The van der Waals surface area contributed by atoms with Crippen LogP contribution < -0.4 is 9.47 Å². The zero-order chi connectivity index (χ0) is 27.4. The Balaban J connectivity index is 1.34. The highest BCUT2D eigenvalue weighted by molar-refractivity contribution is 6.04. The first-order valence-electron chi connectivity index (χ1n) is 13.6. The Morgan fingerprint density at radius 1 is 0.897 bits per heavy atom. The van der Waals surface area contributed by atoms with Gasteiger partial charge in [0, 0.05) is 56.3 Å². The molecule has 39 heavy (non-hydrogen) atoms. The van der Waals surface area contributed by atoms with Gasteiger partial charge in [0.05, 0.1) is 32.5 Å². The van der Waals surface area contributed by atoms with Crippen LogP contribution in [0.25, 0.3) is 0 Å². The smallest absolute Gasteiger partial charge is 0.257 e. The number of amides is 1. The third kappa shape index (κ3) is 6.15. The molecule has 0 unspecified atom stereocenters. The van der Waals surface area contributed by atoms with Gasteiger partial charge >= 0.3 is 0 Å². The Bertz CT molecular complexity index is 1330. The van der Waals surface area contributed by atoms with Crippen LogP contribution in [-0.4, -0.2) is 73.4 Å². The lowest BCUT2D eigenvalue weighted by atomic mass is 9.94. The Morgan fingerprint density at radius 2 is 1.64 bits per heavy atom. The van der Waals surface area contributed by atoms with Crippen LogP contribution in [0.4, 0.5) is 0 Å². The molecule has 0 radical (unpaired) electrons. The summed E-state index contributed by atoms with van der Waals surface area (Å²) in [5.41, 5.74) is 6.61. The number of methoxy groups -OCH3 is 2. The van der Waals surface area contributed by atoms with Crippen LogP contribution >= 0.6 is 0 Å². The quantitative estimate of drug-likeness (QED) is 0.422. The predicted octanol–water partition coefficient (Wildman–Crippen LogP) is 4.82. The van der Waals surface area contributed by atoms with Gasteiger partial charge < -0.3 is 9.47 Å². The molecule has 2 heterocycles. The van der Waals surface area contributed by atoms with Crippen LogP contribution in [0.15, 0.2) is 71.8 Å². The van der Waals surface area contributed by atoms with Gasteiger partial charge in [-0.25, -0.2) is 5.01 Å². The molecule has 2 aliphatic heterocycles. The highest BCUT2D eigenvalue weighted by Crippen LogP contribution is 2.39. The molecule has 1 amide bonds. The van der Waals surface area contributed by atoms with Crippen molar-refractivity contribution < 1.29 is 14.3 Å². The fourth-order valence-electron chi connectivity index (χ4n) is 5.50. The second-order valence-electron chi connectivity index (χ2n) is 10.5. The minimum absolute atomic E-state index is 0.00897. The van der Waals surface area contributed by atoms with E-state index in [0.717, 1.165) is 60.9 Å². The summed E-state index contributed by atoms with van der Waals surface area (Å²) in [5, 5.41) is 6.64. The number of aryl methyl sites for hydroxylation is 2. The molecule has 7 heteroatoms. The first-order valence-corrected chi connectivity index (χ1v) is 13.6. The fourth-order valence-corrected chi connectivity index (χ4v) is 5.50. The number of hydrogen-bond donors (Lipinski definition) is 0. The zero-order valence-electron chi connectivity index (χ0n) is 23.4. The molecule has 7 nitrogen and oxygen atoms in total. The molecule has 0 aromatic heterocycles. The summed E-state index contributed by atoms with van der Waals surface area (Å²) in [4.78, 5) is 18.5. The van der Waals surface area contributed by atoms with Gasteiger partial charge in [-0.15, -0.1) is 0 Å². The first-order chi connectivity index (χ1) is 18.9. The number of carbonyl (C=O) groups excluding carboxylic acids is 1. The van der Waals surface area contributed by atoms with Gasteiger partial charge in [0.2, 0.25) is 0 Å². The van der Waals surface area contributed by atoms with Crippen molar-refractivity contribution >= 4 is 11.6 Å². The SMILES string of the molecule is COc1ccc([C@@H]2CC(c3cc(C)ccc3C)=NN2C(=O)CN2CCN(Cc3ccccc3)CC2)c(OC)c1. The third-order valence-corrected chi connectivity index (χ3v) is 7.74. The Hall–Kier alpha value is -3.68. The number of hydrogen-bond acceptors (Lipinski definition) is 6. The van der Waals surface area contributed by atoms with Crippen LogP contribution in [0.3, 0.4) is 0 Å². The van der Waals surface area contributed by atoms with Gasteiger partial charge in [0.15, 0.2) is 0 Å². The maximum Gasteiger partial charge on any atom is 0.257 e. The summed E-state index contributed by atoms with van der Waals surface area (Å²) < 4.78 is 11.2. The minimum atomic E-state index is -0.243. The van der Waals surface area contributed by atoms with E-state index in [1.807, 2.05) is 24.3 Å². The van der Waals surface area contributed by atoms with Crippen molar-refractivity contribution in [2.75, 3.05) is 46.9 Å². The molecule has 1 fully saturated rings. The Kier molecular flexibility index (Phi) is 8.29. The maximum atomic E-state index is 13.8. The van der Waals surface area contributed by atoms with Crippen molar-refractivity contribution in [2.45, 2.75) is 32.9 Å². The van der Waals surface area contributed by atoms with Gasteiger partial charge in [-0.05, 0) is 43.2 Å². The van der Waals surface area contributed by atoms with Crippen molar-refractivity contribution in [3.63, 3.8) is 0 Å². The highest BCUT2D eigenvalue weighted by atomic mass is 16.5. The van der Waals surface area contributed by atoms with Crippen molar-refractivity contribution in [1.29, 1.82) is 0 Å². The normalized spacial score (nSPS) is 18.2. The molecule has 1 saturated heterocycles. The second-order valence-corrected chi connectivity index (χ2v) is 10.5. The average Bonchev–Trinajstić information content (AvgIpc) is 3.41. The summed E-state index contributed by atoms with van der Waals surface area (Å²) in [6.07, 6.45) is 0.629. The molecule has 204 valence electrons. The van der Waals surface area contributed by atoms with Crippen molar-refractivity contribution in [1.82, 2.24) is 14.8 Å². The molecule has 0 N–H and O–H groups in total. The van der Waals surface area contributed by atoms with E-state index in [2.05, 4.69) is 66.1 Å². The predicted molar refractivity (Wildman–Crippen MR) is 154 cm³/mol. The maximum absolute atomic E-state index is 13.8. The third-order valence-electron chi connectivity index (χ3n) is 7.74. The van der Waals surface area contributed by atoms with E-state index >= 15 is 0 Å². The molecule has 0 aliphatic carbocycles. The summed E-state index contributed by atoms with van der Waals surface area (Å²) in [5.74, 6) is 1.43. The minimum Gasteiger partial charge on any atom is -0.497 e. The number of piperazine rings is 1. The lowest BCUT2D eigenvalue weighted by Gasteiger charge is -2.35. The van der Waals surface area contributed by atoms with Gasteiger partial charge in [-0.3, -0.25) is 14.6 Å². The lowest BCUT2D eigenvalue weighted by molar-refractivity contribution is -0.134. The summed E-state index contributed by atoms with van der Waals surface area (Å²) in [6, 6.07) is 22.5. The van der Waals surface area contributed by atoms with E-state index < -0.39 is 0 Å². The number of benzene rings is 3. The number of carbonyl (C=O) groups is 1. The van der Waals surface area contributed by atoms with Crippen LogP contribution in [0, 0.1) is 13.8 Å². The van der Waals surface area contributed by atoms with Crippen LogP contribution in [0.1, 0.15) is 40.3 Å². The van der Waals surface area contributed by atoms with Crippen molar-refractivity contribution in [2.24, 2.45) is 5.10 Å². The van der Waals surface area contributed by atoms with Crippen LogP contribution in [0.5, 0.6) is 11.5 Å². The molecule has 5 rings (SSSR count). The first kappa shape index (κ1) is 26.9. The largest absolute Gasteiger partial charge is 0.497 e. The Morgan fingerprint density at radius 3 is 2.36 bits per heavy atom. The second kappa shape index (κ2) is 12.0. The van der Waals surface area contributed by atoms with E-state index in [9.17, 15) is 4.79 Å². The van der Waals surface area contributed by atoms with Gasteiger partial charge in [-0.1, -0.05) is 48.0 Å². The van der Waals surface area contributed by atoms with Gasteiger partial charge in [0.1, 0.15) is 11.5 Å². The van der Waals surface area contributed by atoms with Crippen LogP contribution in [0.2, 0.25) is 0 Å². The summed E-state index contributed by atoms with van der Waals surface area (Å²) in [7, 11) is 3.29. The van der Waals surface area contributed by atoms with Gasteiger partial charge in [0.25, 0.3) is 5.91 Å². The monoisotopic (exact) mass is 526 g/mol. The molecule has 2 aliphatic rings. The number of rotatable bonds is 8. The number of hydrazone groups is 1. The van der Waals surface area contributed by atoms with Crippen molar-refractivity contribution in [3.8, 4) is 11.5 Å².